The number of ether oxygens (including phenoxy) is 2. The third-order valence-corrected chi connectivity index (χ3v) is 4.13. The van der Waals surface area contributed by atoms with Gasteiger partial charge in [0, 0.05) is 17.6 Å². The van der Waals surface area contributed by atoms with E-state index in [0.717, 1.165) is 22.4 Å². The molecule has 0 saturated carbocycles. The van der Waals surface area contributed by atoms with Crippen LogP contribution in [0.1, 0.15) is 10.5 Å². The number of nitrogens with zero attached hydrogens (tertiary/aromatic N) is 3. The first kappa shape index (κ1) is 17.5. The van der Waals surface area contributed by atoms with Crippen molar-refractivity contribution in [2.45, 2.75) is 6.73 Å². The lowest BCUT2D eigenvalue weighted by atomic mass is 10.2. The highest BCUT2D eigenvalue weighted by Gasteiger charge is 2.11. The maximum Gasteiger partial charge on any atom is 0.276 e. The van der Waals surface area contributed by atoms with Crippen LogP contribution < -0.4 is 14.8 Å². The van der Waals surface area contributed by atoms with Crippen molar-refractivity contribution in [3.8, 4) is 11.5 Å². The van der Waals surface area contributed by atoms with Crippen molar-refractivity contribution >= 4 is 22.5 Å². The van der Waals surface area contributed by atoms with E-state index in [0.29, 0.717) is 11.4 Å². The molecule has 28 heavy (non-hydrogen) atoms. The summed E-state index contributed by atoms with van der Waals surface area (Å²) in [6.07, 6.45) is 3.30. The van der Waals surface area contributed by atoms with Crippen molar-refractivity contribution < 1.29 is 14.3 Å². The van der Waals surface area contributed by atoms with Gasteiger partial charge in [-0.3, -0.25) is 9.78 Å². The van der Waals surface area contributed by atoms with E-state index in [9.17, 15) is 4.79 Å². The second-order valence-corrected chi connectivity index (χ2v) is 6.06. The van der Waals surface area contributed by atoms with Gasteiger partial charge in [0.25, 0.3) is 5.91 Å². The number of carbonyl (C=O) groups is 1. The molecule has 4 aromatic rings. The van der Waals surface area contributed by atoms with E-state index in [4.69, 9.17) is 9.47 Å². The number of fused-ring (bicyclic) bond motifs is 1. The average Bonchev–Trinajstić information content (AvgIpc) is 3.22. The third kappa shape index (κ3) is 3.93. The fourth-order valence-electron chi connectivity index (χ4n) is 2.70. The van der Waals surface area contributed by atoms with Gasteiger partial charge in [-0.15, -0.1) is 0 Å². The number of benzene rings is 2. The minimum absolute atomic E-state index is 0.219. The molecule has 0 unspecified atom stereocenters. The average molecular weight is 374 g/mol. The SMILES string of the molecule is COc1ccc2cc(NC(=O)c3ccn(COc4ccccc4)n3)cnc2c1. The van der Waals surface area contributed by atoms with Crippen molar-refractivity contribution in [1.82, 2.24) is 14.8 Å². The van der Waals surface area contributed by atoms with Crippen LogP contribution in [0, 0.1) is 0 Å². The molecule has 0 aliphatic heterocycles. The van der Waals surface area contributed by atoms with E-state index < -0.39 is 0 Å². The molecule has 0 saturated heterocycles. The van der Waals surface area contributed by atoms with Gasteiger partial charge in [0.15, 0.2) is 12.4 Å². The molecule has 7 nitrogen and oxygen atoms in total. The Hall–Kier alpha value is -3.87. The number of rotatable bonds is 6. The van der Waals surface area contributed by atoms with Gasteiger partial charge in [-0.1, -0.05) is 18.2 Å². The summed E-state index contributed by atoms with van der Waals surface area (Å²) < 4.78 is 12.4. The Morgan fingerprint density at radius 3 is 2.75 bits per heavy atom. The number of aromatic nitrogens is 3. The molecule has 7 heteroatoms. The summed E-state index contributed by atoms with van der Waals surface area (Å²) >= 11 is 0. The lowest BCUT2D eigenvalue weighted by molar-refractivity contribution is 0.102. The number of para-hydroxylation sites is 1. The molecule has 0 radical (unpaired) electrons. The van der Waals surface area contributed by atoms with Gasteiger partial charge in [-0.25, -0.2) is 4.68 Å². The molecule has 1 amide bonds. The zero-order valence-electron chi connectivity index (χ0n) is 15.2. The summed E-state index contributed by atoms with van der Waals surface area (Å²) in [6.45, 7) is 0.219. The van der Waals surface area contributed by atoms with Gasteiger partial charge < -0.3 is 14.8 Å². The molecule has 2 aromatic heterocycles. The summed E-state index contributed by atoms with van der Waals surface area (Å²) in [5.41, 5.74) is 1.68. The minimum atomic E-state index is -0.312. The molecule has 0 aliphatic carbocycles. The smallest absolute Gasteiger partial charge is 0.276 e. The zero-order chi connectivity index (χ0) is 19.3. The summed E-state index contributed by atoms with van der Waals surface area (Å²) in [4.78, 5) is 16.8. The standard InChI is InChI=1S/C21H18N4O3/c1-27-18-8-7-15-11-16(13-22-20(15)12-18)23-21(26)19-9-10-25(24-19)14-28-17-5-3-2-4-6-17/h2-13H,14H2,1H3,(H,23,26). The number of methoxy groups -OCH3 is 1. The van der Waals surface area contributed by atoms with Crippen molar-refractivity contribution in [2.24, 2.45) is 0 Å². The molecular weight excluding hydrogens is 356 g/mol. The van der Waals surface area contributed by atoms with Gasteiger partial charge in [-0.05, 0) is 36.4 Å². The lowest BCUT2D eigenvalue weighted by Crippen LogP contribution is -2.14. The first-order valence-electron chi connectivity index (χ1n) is 8.68. The quantitative estimate of drug-likeness (QED) is 0.556. The van der Waals surface area contributed by atoms with E-state index >= 15 is 0 Å². The number of pyridine rings is 1. The van der Waals surface area contributed by atoms with E-state index in [-0.39, 0.29) is 12.6 Å². The highest BCUT2D eigenvalue weighted by Crippen LogP contribution is 2.21. The topological polar surface area (TPSA) is 78.3 Å². The molecule has 140 valence electrons. The fourth-order valence-corrected chi connectivity index (χ4v) is 2.70. The van der Waals surface area contributed by atoms with Crippen molar-refractivity contribution in [3.63, 3.8) is 0 Å². The van der Waals surface area contributed by atoms with E-state index in [1.165, 1.54) is 0 Å². The zero-order valence-corrected chi connectivity index (χ0v) is 15.2. The number of hydrogen-bond donors (Lipinski definition) is 1. The molecular formula is C21H18N4O3. The van der Waals surface area contributed by atoms with E-state index in [2.05, 4.69) is 15.4 Å². The number of anilines is 1. The molecule has 0 bridgehead atoms. The summed E-state index contributed by atoms with van der Waals surface area (Å²) in [7, 11) is 1.61. The normalized spacial score (nSPS) is 10.6. The number of carbonyl (C=O) groups excluding carboxylic acids is 1. The number of nitrogens with one attached hydrogen (secondary N) is 1. The molecule has 0 atom stereocenters. The first-order chi connectivity index (χ1) is 13.7. The maximum atomic E-state index is 12.5. The molecule has 1 N–H and O–H groups in total. The summed E-state index contributed by atoms with van der Waals surface area (Å²) in [6, 6.07) is 18.5. The number of hydrogen-bond acceptors (Lipinski definition) is 5. The van der Waals surface area contributed by atoms with Crippen molar-refractivity contribution in [2.75, 3.05) is 12.4 Å². The predicted octanol–water partition coefficient (Wildman–Crippen LogP) is 3.73. The molecule has 4 rings (SSSR count). The Labute approximate surface area is 161 Å². The maximum absolute atomic E-state index is 12.5. The highest BCUT2D eigenvalue weighted by atomic mass is 16.5. The second kappa shape index (κ2) is 7.79. The fraction of sp³-hybridized carbons (Fsp3) is 0.0952. The van der Waals surface area contributed by atoms with Gasteiger partial charge >= 0.3 is 0 Å². The van der Waals surface area contributed by atoms with E-state index in [1.54, 1.807) is 30.3 Å². The Bertz CT molecular complexity index is 1110. The van der Waals surface area contributed by atoms with Crippen LogP contribution in [0.25, 0.3) is 10.9 Å². The van der Waals surface area contributed by atoms with Gasteiger partial charge in [0.2, 0.25) is 0 Å². The highest BCUT2D eigenvalue weighted by molar-refractivity contribution is 6.03. The first-order valence-corrected chi connectivity index (χ1v) is 8.68. The van der Waals surface area contributed by atoms with Gasteiger partial charge in [0.05, 0.1) is 24.5 Å². The van der Waals surface area contributed by atoms with Crippen LogP contribution in [-0.4, -0.2) is 27.8 Å². The van der Waals surface area contributed by atoms with Crippen LogP contribution in [0.3, 0.4) is 0 Å². The van der Waals surface area contributed by atoms with Crippen molar-refractivity contribution in [3.05, 3.63) is 78.8 Å². The van der Waals surface area contributed by atoms with Crippen LogP contribution in [0.5, 0.6) is 11.5 Å². The van der Waals surface area contributed by atoms with Crippen LogP contribution in [0.15, 0.2) is 73.1 Å². The molecule has 0 spiro atoms. The largest absolute Gasteiger partial charge is 0.497 e. The summed E-state index contributed by atoms with van der Waals surface area (Å²) in [5.74, 6) is 1.16. The molecule has 2 aromatic carbocycles. The van der Waals surface area contributed by atoms with Crippen LogP contribution in [-0.2, 0) is 6.73 Å². The molecule has 0 aliphatic rings. The van der Waals surface area contributed by atoms with Crippen molar-refractivity contribution in [1.29, 1.82) is 0 Å². The predicted molar refractivity (Wildman–Crippen MR) is 106 cm³/mol. The second-order valence-electron chi connectivity index (χ2n) is 6.06. The third-order valence-electron chi connectivity index (χ3n) is 4.13. The molecule has 0 fully saturated rings. The van der Waals surface area contributed by atoms with Crippen LogP contribution >= 0.6 is 0 Å². The Morgan fingerprint density at radius 1 is 1.07 bits per heavy atom. The Morgan fingerprint density at radius 2 is 1.93 bits per heavy atom. The van der Waals surface area contributed by atoms with Gasteiger partial charge in [0.1, 0.15) is 11.5 Å². The monoisotopic (exact) mass is 374 g/mol. The Balaban J connectivity index is 1.42. The Kier molecular flexibility index (Phi) is 4.88. The summed E-state index contributed by atoms with van der Waals surface area (Å²) in [5, 5.41) is 7.97. The van der Waals surface area contributed by atoms with E-state index in [1.807, 2.05) is 54.6 Å². The lowest BCUT2D eigenvalue weighted by Gasteiger charge is -2.07. The molecule has 2 heterocycles. The minimum Gasteiger partial charge on any atom is -0.497 e. The van der Waals surface area contributed by atoms with Gasteiger partial charge in [-0.2, -0.15) is 5.10 Å². The number of amides is 1. The van der Waals surface area contributed by atoms with Crippen LogP contribution in [0.4, 0.5) is 5.69 Å². The van der Waals surface area contributed by atoms with Crippen LogP contribution in [0.2, 0.25) is 0 Å².